The molecule has 3 N–H and O–H groups in total. The molecule has 6 heteroatoms. The maximum absolute atomic E-state index is 12.7. The Morgan fingerprint density at radius 3 is 2.63 bits per heavy atom. The van der Waals surface area contributed by atoms with Gasteiger partial charge in [-0.05, 0) is 49.4 Å². The number of hydrogen-bond donors (Lipinski definition) is 2. The third-order valence-corrected chi connectivity index (χ3v) is 5.99. The lowest BCUT2D eigenvalue weighted by molar-refractivity contribution is -0.120. The molecule has 0 aromatic heterocycles. The summed E-state index contributed by atoms with van der Waals surface area (Å²) in [6, 6.07) is 18.3. The largest absolute Gasteiger partial charge is 0.330 e. The van der Waals surface area contributed by atoms with Gasteiger partial charge in [-0.2, -0.15) is 0 Å². The SMILES string of the molecule is CSc1cccc(NC(=O)C(C)N2C[C@@H](CN)[C@H](c3ccccc3)C2)c1.Cl. The fraction of sp³-hybridized carbons (Fsp3) is 0.381. The molecular formula is C21H28ClN3OS. The quantitative estimate of drug-likeness (QED) is 0.717. The number of hydrogen-bond acceptors (Lipinski definition) is 4. The number of carbonyl (C=O) groups excluding carboxylic acids is 1. The van der Waals surface area contributed by atoms with Gasteiger partial charge >= 0.3 is 0 Å². The van der Waals surface area contributed by atoms with Crippen molar-refractivity contribution in [2.75, 3.05) is 31.2 Å². The summed E-state index contributed by atoms with van der Waals surface area (Å²) in [4.78, 5) is 16.1. The third-order valence-electron chi connectivity index (χ3n) is 5.26. The fourth-order valence-electron chi connectivity index (χ4n) is 3.65. The van der Waals surface area contributed by atoms with Crippen LogP contribution in [-0.4, -0.2) is 42.7 Å². The summed E-state index contributed by atoms with van der Waals surface area (Å²) in [7, 11) is 0. The van der Waals surface area contributed by atoms with Crippen molar-refractivity contribution in [3.8, 4) is 0 Å². The van der Waals surface area contributed by atoms with Gasteiger partial charge in [-0.1, -0.05) is 36.4 Å². The zero-order valence-corrected chi connectivity index (χ0v) is 17.4. The van der Waals surface area contributed by atoms with Gasteiger partial charge in [0.1, 0.15) is 0 Å². The molecule has 3 rings (SSSR count). The molecular weight excluding hydrogens is 378 g/mol. The number of benzene rings is 2. The molecule has 3 atom stereocenters. The van der Waals surface area contributed by atoms with Crippen molar-refractivity contribution in [3.05, 3.63) is 60.2 Å². The molecule has 1 aliphatic rings. The minimum atomic E-state index is -0.185. The van der Waals surface area contributed by atoms with Crippen LogP contribution in [0.5, 0.6) is 0 Å². The highest BCUT2D eigenvalue weighted by Crippen LogP contribution is 2.33. The van der Waals surface area contributed by atoms with E-state index in [9.17, 15) is 4.79 Å². The molecule has 0 radical (unpaired) electrons. The van der Waals surface area contributed by atoms with Crippen molar-refractivity contribution in [1.82, 2.24) is 4.90 Å². The van der Waals surface area contributed by atoms with Gasteiger partial charge in [0.25, 0.3) is 0 Å². The van der Waals surface area contributed by atoms with E-state index in [1.807, 2.05) is 43.5 Å². The number of likely N-dealkylation sites (tertiary alicyclic amines) is 1. The van der Waals surface area contributed by atoms with Crippen LogP contribution >= 0.6 is 24.2 Å². The summed E-state index contributed by atoms with van der Waals surface area (Å²) >= 11 is 1.67. The first-order chi connectivity index (χ1) is 12.6. The second-order valence-electron chi connectivity index (χ2n) is 6.86. The molecule has 4 nitrogen and oxygen atoms in total. The second-order valence-corrected chi connectivity index (χ2v) is 7.74. The summed E-state index contributed by atoms with van der Waals surface area (Å²) in [5.41, 5.74) is 8.19. The highest BCUT2D eigenvalue weighted by atomic mass is 35.5. The van der Waals surface area contributed by atoms with Crippen LogP contribution in [0.15, 0.2) is 59.5 Å². The number of anilines is 1. The Morgan fingerprint density at radius 1 is 1.22 bits per heavy atom. The van der Waals surface area contributed by atoms with E-state index in [1.54, 1.807) is 11.8 Å². The number of thioether (sulfide) groups is 1. The normalized spacial score (nSPS) is 20.7. The summed E-state index contributed by atoms with van der Waals surface area (Å²) in [5.74, 6) is 0.802. The maximum atomic E-state index is 12.7. The fourth-order valence-corrected chi connectivity index (χ4v) is 4.11. The summed E-state index contributed by atoms with van der Waals surface area (Å²) in [6.07, 6.45) is 2.03. The average Bonchev–Trinajstić information content (AvgIpc) is 3.12. The molecule has 0 spiro atoms. The van der Waals surface area contributed by atoms with Gasteiger partial charge in [-0.15, -0.1) is 24.2 Å². The van der Waals surface area contributed by atoms with Crippen LogP contribution in [-0.2, 0) is 4.79 Å². The Labute approximate surface area is 172 Å². The van der Waals surface area contributed by atoms with Crippen LogP contribution in [0, 0.1) is 5.92 Å². The van der Waals surface area contributed by atoms with Crippen LogP contribution in [0.2, 0.25) is 0 Å². The van der Waals surface area contributed by atoms with Gasteiger partial charge in [0, 0.05) is 29.6 Å². The molecule has 1 fully saturated rings. The van der Waals surface area contributed by atoms with E-state index in [0.717, 1.165) is 23.7 Å². The topological polar surface area (TPSA) is 58.4 Å². The Balaban J connectivity index is 0.00000261. The average molecular weight is 406 g/mol. The van der Waals surface area contributed by atoms with E-state index in [-0.39, 0.29) is 24.4 Å². The zero-order chi connectivity index (χ0) is 18.5. The van der Waals surface area contributed by atoms with Gasteiger partial charge in [0.15, 0.2) is 0 Å². The van der Waals surface area contributed by atoms with Crippen LogP contribution in [0.1, 0.15) is 18.4 Å². The monoisotopic (exact) mass is 405 g/mol. The minimum Gasteiger partial charge on any atom is -0.330 e. The maximum Gasteiger partial charge on any atom is 0.241 e. The van der Waals surface area contributed by atoms with Crippen molar-refractivity contribution in [2.45, 2.75) is 23.8 Å². The second kappa shape index (κ2) is 10.1. The Morgan fingerprint density at radius 2 is 1.96 bits per heavy atom. The zero-order valence-electron chi connectivity index (χ0n) is 15.8. The number of nitrogens with one attached hydrogen (secondary N) is 1. The molecule has 1 unspecified atom stereocenters. The van der Waals surface area contributed by atoms with Crippen LogP contribution in [0.4, 0.5) is 5.69 Å². The van der Waals surface area contributed by atoms with Gasteiger partial charge < -0.3 is 11.1 Å². The number of nitrogens with zero attached hydrogens (tertiary/aromatic N) is 1. The van der Waals surface area contributed by atoms with Crippen LogP contribution < -0.4 is 11.1 Å². The Kier molecular flexibility index (Phi) is 8.17. The van der Waals surface area contributed by atoms with Crippen molar-refractivity contribution in [3.63, 3.8) is 0 Å². The molecule has 27 heavy (non-hydrogen) atoms. The molecule has 2 aromatic rings. The van der Waals surface area contributed by atoms with E-state index in [2.05, 4.69) is 34.5 Å². The van der Waals surface area contributed by atoms with E-state index in [1.165, 1.54) is 5.56 Å². The number of rotatable bonds is 6. The molecule has 146 valence electrons. The molecule has 0 bridgehead atoms. The summed E-state index contributed by atoms with van der Waals surface area (Å²) in [6.45, 7) is 4.34. The van der Waals surface area contributed by atoms with E-state index in [4.69, 9.17) is 5.73 Å². The van der Waals surface area contributed by atoms with Crippen molar-refractivity contribution >= 4 is 35.8 Å². The predicted molar refractivity (Wildman–Crippen MR) is 117 cm³/mol. The van der Waals surface area contributed by atoms with Crippen molar-refractivity contribution < 1.29 is 4.79 Å². The van der Waals surface area contributed by atoms with E-state index >= 15 is 0 Å². The standard InChI is InChI=1S/C21H27N3OS.ClH/c1-15(21(25)23-18-9-6-10-19(11-18)26-2)24-13-17(12-22)20(14-24)16-7-4-3-5-8-16;/h3-11,15,17,20H,12-14,22H2,1-2H3,(H,23,25);1H/t15?,17-,20+;/m1./s1. The number of carbonyl (C=O) groups is 1. The molecule has 2 aromatic carbocycles. The van der Waals surface area contributed by atoms with Gasteiger partial charge in [-0.25, -0.2) is 0 Å². The lowest BCUT2D eigenvalue weighted by atomic mass is 9.89. The smallest absolute Gasteiger partial charge is 0.241 e. The van der Waals surface area contributed by atoms with Crippen molar-refractivity contribution in [2.24, 2.45) is 11.7 Å². The Hall–Kier alpha value is -1.53. The molecule has 0 aliphatic carbocycles. The first-order valence-electron chi connectivity index (χ1n) is 9.06. The highest BCUT2D eigenvalue weighted by Gasteiger charge is 2.36. The molecule has 1 saturated heterocycles. The predicted octanol–water partition coefficient (Wildman–Crippen LogP) is 3.83. The van der Waals surface area contributed by atoms with Crippen LogP contribution in [0.25, 0.3) is 0 Å². The minimum absolute atomic E-state index is 0. The number of halogens is 1. The lowest BCUT2D eigenvalue weighted by Crippen LogP contribution is -2.41. The van der Waals surface area contributed by atoms with Gasteiger partial charge in [0.05, 0.1) is 6.04 Å². The van der Waals surface area contributed by atoms with Crippen molar-refractivity contribution in [1.29, 1.82) is 0 Å². The summed E-state index contributed by atoms with van der Waals surface area (Å²) in [5, 5.41) is 3.06. The van der Waals surface area contributed by atoms with E-state index in [0.29, 0.717) is 18.4 Å². The van der Waals surface area contributed by atoms with Gasteiger partial charge in [0.2, 0.25) is 5.91 Å². The highest BCUT2D eigenvalue weighted by molar-refractivity contribution is 7.98. The van der Waals surface area contributed by atoms with E-state index < -0.39 is 0 Å². The first-order valence-corrected chi connectivity index (χ1v) is 10.3. The molecule has 0 saturated carbocycles. The first kappa shape index (κ1) is 21.8. The summed E-state index contributed by atoms with van der Waals surface area (Å²) < 4.78 is 0. The van der Waals surface area contributed by atoms with Gasteiger partial charge in [-0.3, -0.25) is 9.69 Å². The Bertz CT molecular complexity index is 743. The molecule has 1 amide bonds. The van der Waals surface area contributed by atoms with Crippen LogP contribution in [0.3, 0.4) is 0 Å². The number of amides is 1. The lowest BCUT2D eigenvalue weighted by Gasteiger charge is -2.23. The third kappa shape index (κ3) is 5.26. The number of nitrogens with two attached hydrogens (primary N) is 1. The molecule has 1 aliphatic heterocycles. The molecule has 1 heterocycles.